The summed E-state index contributed by atoms with van der Waals surface area (Å²) in [7, 11) is 0. The number of hydrogen-bond donors (Lipinski definition) is 2. The van der Waals surface area contributed by atoms with E-state index in [2.05, 4.69) is 37.5 Å². The maximum Gasteiger partial charge on any atom is 0.226 e. The highest BCUT2D eigenvalue weighted by Crippen LogP contribution is 2.33. The number of carbonyl (C=O) groups excluding carboxylic acids is 1. The minimum absolute atomic E-state index is 0.146. The molecule has 2 N–H and O–H groups in total. The lowest BCUT2D eigenvalue weighted by atomic mass is 9.76. The Morgan fingerprint density at radius 3 is 2.63 bits per heavy atom. The van der Waals surface area contributed by atoms with Crippen molar-refractivity contribution in [1.82, 2.24) is 10.6 Å². The lowest BCUT2D eigenvalue weighted by Crippen LogP contribution is -2.47. The number of hydrogen-bond acceptors (Lipinski definition) is 3. The first-order valence-corrected chi connectivity index (χ1v) is 7.94. The molecule has 1 saturated heterocycles. The van der Waals surface area contributed by atoms with Crippen molar-refractivity contribution in [2.45, 2.75) is 46.6 Å². The van der Waals surface area contributed by atoms with Crippen molar-refractivity contribution in [3.63, 3.8) is 0 Å². The number of amides is 1. The van der Waals surface area contributed by atoms with E-state index in [0.717, 1.165) is 32.4 Å². The van der Waals surface area contributed by atoms with Crippen LogP contribution in [0.3, 0.4) is 0 Å². The van der Waals surface area contributed by atoms with Crippen molar-refractivity contribution < 1.29 is 4.79 Å². The van der Waals surface area contributed by atoms with Crippen LogP contribution < -0.4 is 10.6 Å². The van der Waals surface area contributed by atoms with Crippen LogP contribution in [-0.2, 0) is 11.3 Å². The third kappa shape index (κ3) is 3.18. The van der Waals surface area contributed by atoms with Gasteiger partial charge in [-0.15, -0.1) is 11.3 Å². The van der Waals surface area contributed by atoms with Crippen LogP contribution in [0.25, 0.3) is 0 Å². The summed E-state index contributed by atoms with van der Waals surface area (Å²) in [5, 5.41) is 6.48. The van der Waals surface area contributed by atoms with E-state index in [1.54, 1.807) is 11.3 Å². The number of piperidine rings is 1. The molecule has 0 bridgehead atoms. The van der Waals surface area contributed by atoms with Gasteiger partial charge in [0.1, 0.15) is 0 Å². The molecule has 0 unspecified atom stereocenters. The highest BCUT2D eigenvalue weighted by Gasteiger charge is 2.37. The summed E-state index contributed by atoms with van der Waals surface area (Å²) in [6.45, 7) is 8.97. The topological polar surface area (TPSA) is 41.1 Å². The molecular formula is C15H24N2OS. The average Bonchev–Trinajstić information content (AvgIpc) is 2.76. The summed E-state index contributed by atoms with van der Waals surface area (Å²) >= 11 is 1.78. The molecule has 2 rings (SSSR count). The molecule has 19 heavy (non-hydrogen) atoms. The van der Waals surface area contributed by atoms with E-state index >= 15 is 0 Å². The third-order valence-corrected chi connectivity index (χ3v) is 5.51. The molecule has 0 aromatic carbocycles. The van der Waals surface area contributed by atoms with E-state index in [1.165, 1.54) is 15.3 Å². The Kier molecular flexibility index (Phi) is 4.63. The lowest BCUT2D eigenvalue weighted by molar-refractivity contribution is -0.133. The molecule has 1 aliphatic heterocycles. The highest BCUT2D eigenvalue weighted by atomic mass is 32.1. The second-order valence-electron chi connectivity index (χ2n) is 5.52. The van der Waals surface area contributed by atoms with E-state index in [9.17, 15) is 4.79 Å². The molecule has 106 valence electrons. The van der Waals surface area contributed by atoms with Crippen LogP contribution in [0.15, 0.2) is 6.07 Å². The molecule has 1 aliphatic rings. The fraction of sp³-hybridized carbons (Fsp3) is 0.667. The van der Waals surface area contributed by atoms with Crippen molar-refractivity contribution in [2.24, 2.45) is 5.41 Å². The number of thiophene rings is 1. The predicted molar refractivity (Wildman–Crippen MR) is 80.5 cm³/mol. The number of carbonyl (C=O) groups is 1. The summed E-state index contributed by atoms with van der Waals surface area (Å²) in [6, 6.07) is 2.18. The largest absolute Gasteiger partial charge is 0.351 e. The first-order chi connectivity index (χ1) is 9.07. The summed E-state index contributed by atoms with van der Waals surface area (Å²) in [6.07, 6.45) is 2.85. The average molecular weight is 280 g/mol. The van der Waals surface area contributed by atoms with Gasteiger partial charge in [0, 0.05) is 9.75 Å². The van der Waals surface area contributed by atoms with Crippen molar-refractivity contribution in [1.29, 1.82) is 0 Å². The van der Waals surface area contributed by atoms with Gasteiger partial charge in [-0.2, -0.15) is 0 Å². The molecule has 3 nitrogen and oxygen atoms in total. The van der Waals surface area contributed by atoms with E-state index in [1.807, 2.05) is 0 Å². The van der Waals surface area contributed by atoms with Gasteiger partial charge in [-0.25, -0.2) is 0 Å². The quantitative estimate of drug-likeness (QED) is 0.890. The lowest BCUT2D eigenvalue weighted by Gasteiger charge is -2.35. The monoisotopic (exact) mass is 280 g/mol. The minimum Gasteiger partial charge on any atom is -0.351 e. The van der Waals surface area contributed by atoms with E-state index in [-0.39, 0.29) is 11.3 Å². The predicted octanol–water partition coefficient (Wildman–Crippen LogP) is 2.76. The van der Waals surface area contributed by atoms with Crippen LogP contribution in [-0.4, -0.2) is 19.0 Å². The van der Waals surface area contributed by atoms with E-state index < -0.39 is 0 Å². The first-order valence-electron chi connectivity index (χ1n) is 7.12. The molecule has 1 aromatic rings. The normalized spacial score (nSPS) is 18.3. The molecular weight excluding hydrogens is 256 g/mol. The number of rotatable bonds is 4. The second kappa shape index (κ2) is 6.06. The molecule has 0 saturated carbocycles. The van der Waals surface area contributed by atoms with Gasteiger partial charge < -0.3 is 10.6 Å². The van der Waals surface area contributed by atoms with Gasteiger partial charge >= 0.3 is 0 Å². The Labute approximate surface area is 119 Å². The Morgan fingerprint density at radius 2 is 2.11 bits per heavy atom. The zero-order chi connectivity index (χ0) is 13.9. The highest BCUT2D eigenvalue weighted by molar-refractivity contribution is 7.12. The van der Waals surface area contributed by atoms with Gasteiger partial charge in [0.15, 0.2) is 0 Å². The Morgan fingerprint density at radius 1 is 1.42 bits per heavy atom. The van der Waals surface area contributed by atoms with E-state index in [4.69, 9.17) is 0 Å². The molecule has 0 spiro atoms. The van der Waals surface area contributed by atoms with Crippen LogP contribution in [0.2, 0.25) is 0 Å². The Hall–Kier alpha value is -0.870. The first kappa shape index (κ1) is 14.5. The summed E-state index contributed by atoms with van der Waals surface area (Å²) < 4.78 is 0. The minimum atomic E-state index is -0.146. The smallest absolute Gasteiger partial charge is 0.226 e. The van der Waals surface area contributed by atoms with Gasteiger partial charge in [-0.3, -0.25) is 4.79 Å². The fourth-order valence-corrected chi connectivity index (χ4v) is 3.73. The van der Waals surface area contributed by atoms with Crippen molar-refractivity contribution in [3.05, 3.63) is 21.4 Å². The van der Waals surface area contributed by atoms with Crippen LogP contribution in [0.1, 0.15) is 41.5 Å². The van der Waals surface area contributed by atoms with Crippen molar-refractivity contribution in [3.8, 4) is 0 Å². The van der Waals surface area contributed by atoms with Gasteiger partial charge in [0.25, 0.3) is 0 Å². The summed E-state index contributed by atoms with van der Waals surface area (Å²) in [5.74, 6) is 0.236. The van der Waals surface area contributed by atoms with E-state index in [0.29, 0.717) is 6.54 Å². The summed E-state index contributed by atoms with van der Waals surface area (Å²) in [4.78, 5) is 15.1. The zero-order valence-corrected chi connectivity index (χ0v) is 13.0. The standard InChI is InChI=1S/C15H24N2OS/c1-4-15(5-7-16-8-6-15)14(18)17-10-13-9-11(2)12(3)19-13/h9,16H,4-8,10H2,1-3H3,(H,17,18). The Bertz CT molecular complexity index is 427. The maximum absolute atomic E-state index is 12.5. The van der Waals surface area contributed by atoms with Crippen molar-refractivity contribution in [2.75, 3.05) is 13.1 Å². The second-order valence-corrected chi connectivity index (χ2v) is 6.86. The fourth-order valence-electron chi connectivity index (χ4n) is 2.74. The molecule has 1 aromatic heterocycles. The van der Waals surface area contributed by atoms with Crippen LogP contribution >= 0.6 is 11.3 Å². The number of nitrogens with one attached hydrogen (secondary N) is 2. The Balaban J connectivity index is 1.96. The molecule has 4 heteroatoms. The molecule has 0 aliphatic carbocycles. The molecule has 0 radical (unpaired) electrons. The molecule has 1 amide bonds. The van der Waals surface area contributed by atoms with Gasteiger partial charge in [0.05, 0.1) is 12.0 Å². The molecule has 2 heterocycles. The van der Waals surface area contributed by atoms with Gasteiger partial charge in [0.2, 0.25) is 5.91 Å². The van der Waals surface area contributed by atoms with Crippen LogP contribution in [0, 0.1) is 19.3 Å². The molecule has 1 fully saturated rings. The third-order valence-electron chi connectivity index (χ3n) is 4.36. The van der Waals surface area contributed by atoms with Crippen LogP contribution in [0.5, 0.6) is 0 Å². The van der Waals surface area contributed by atoms with Crippen LogP contribution in [0.4, 0.5) is 0 Å². The van der Waals surface area contributed by atoms with Gasteiger partial charge in [-0.1, -0.05) is 6.92 Å². The SMILES string of the molecule is CCC1(C(=O)NCc2cc(C)c(C)s2)CCNCC1. The maximum atomic E-state index is 12.5. The zero-order valence-electron chi connectivity index (χ0n) is 12.1. The number of aryl methyl sites for hydroxylation is 2. The molecule has 0 atom stereocenters. The van der Waals surface area contributed by atoms with Crippen molar-refractivity contribution >= 4 is 17.2 Å². The van der Waals surface area contributed by atoms with Gasteiger partial charge in [-0.05, 0) is 57.8 Å². The summed E-state index contributed by atoms with van der Waals surface area (Å²) in [5.41, 5.74) is 1.17.